The Morgan fingerprint density at radius 1 is 1.60 bits per heavy atom. The first-order valence-corrected chi connectivity index (χ1v) is 5.67. The maximum absolute atomic E-state index is 11.5. The van der Waals surface area contributed by atoms with Crippen LogP contribution < -0.4 is 10.5 Å². The smallest absolute Gasteiger partial charge is 0.244 e. The van der Waals surface area contributed by atoms with Gasteiger partial charge in [0.1, 0.15) is 4.90 Å². The van der Waals surface area contributed by atoms with E-state index in [0.717, 1.165) is 6.20 Å². The maximum atomic E-state index is 11.5. The lowest BCUT2D eigenvalue weighted by atomic mass is 10.5. The van der Waals surface area contributed by atoms with Gasteiger partial charge in [-0.2, -0.15) is 0 Å². The highest BCUT2D eigenvalue weighted by atomic mass is 35.5. The minimum Gasteiger partial charge on any atom is -0.369 e. The average Bonchev–Trinajstić information content (AvgIpc) is 2.15. The summed E-state index contributed by atoms with van der Waals surface area (Å²) in [5.41, 5.74) is 4.80. The second-order valence-corrected chi connectivity index (χ2v) is 4.74. The molecule has 0 aromatic carbocycles. The van der Waals surface area contributed by atoms with Gasteiger partial charge in [-0.05, 0) is 6.07 Å². The molecule has 0 radical (unpaired) electrons. The van der Waals surface area contributed by atoms with Gasteiger partial charge in [-0.3, -0.25) is 9.78 Å². The lowest BCUT2D eigenvalue weighted by molar-refractivity contribution is -0.116. The third kappa shape index (κ3) is 3.15. The normalized spacial score (nSPS) is 11.3. The molecule has 15 heavy (non-hydrogen) atoms. The Labute approximate surface area is 91.5 Å². The Kier molecular flexibility index (Phi) is 3.61. The largest absolute Gasteiger partial charge is 0.369 e. The van der Waals surface area contributed by atoms with Crippen molar-refractivity contribution in [2.24, 2.45) is 5.73 Å². The number of hydrogen-bond donors (Lipinski definition) is 2. The number of amides is 1. The summed E-state index contributed by atoms with van der Waals surface area (Å²) < 4.78 is 25.0. The molecule has 0 fully saturated rings. The second-order valence-electron chi connectivity index (χ2n) is 2.60. The number of rotatable bonds is 4. The molecule has 0 unspecified atom stereocenters. The number of sulfonamides is 1. The van der Waals surface area contributed by atoms with Gasteiger partial charge < -0.3 is 5.73 Å². The van der Waals surface area contributed by atoms with E-state index in [9.17, 15) is 13.2 Å². The van der Waals surface area contributed by atoms with Crippen molar-refractivity contribution in [3.05, 3.63) is 23.5 Å². The molecule has 82 valence electrons. The van der Waals surface area contributed by atoms with Crippen LogP contribution in [0.3, 0.4) is 0 Å². The molecule has 0 saturated carbocycles. The molecule has 1 aromatic heterocycles. The summed E-state index contributed by atoms with van der Waals surface area (Å²) in [7, 11) is -3.83. The van der Waals surface area contributed by atoms with E-state index in [-0.39, 0.29) is 9.92 Å². The van der Waals surface area contributed by atoms with Crippen LogP contribution in [0.2, 0.25) is 5.02 Å². The second kappa shape index (κ2) is 4.56. The molecule has 0 spiro atoms. The highest BCUT2D eigenvalue weighted by molar-refractivity contribution is 7.89. The number of carbonyl (C=O) groups is 1. The van der Waals surface area contributed by atoms with Crippen LogP contribution in [0.15, 0.2) is 23.4 Å². The summed E-state index contributed by atoms with van der Waals surface area (Å²) in [5.74, 6) is -0.779. The third-order valence-electron chi connectivity index (χ3n) is 1.46. The van der Waals surface area contributed by atoms with Crippen molar-refractivity contribution >= 4 is 27.5 Å². The van der Waals surface area contributed by atoms with Gasteiger partial charge in [0.25, 0.3) is 0 Å². The van der Waals surface area contributed by atoms with Crippen molar-refractivity contribution in [2.75, 3.05) is 6.54 Å². The molecule has 0 aliphatic carbocycles. The van der Waals surface area contributed by atoms with Crippen molar-refractivity contribution < 1.29 is 13.2 Å². The van der Waals surface area contributed by atoms with Crippen LogP contribution in [-0.2, 0) is 14.8 Å². The Hall–Kier alpha value is -1.18. The summed E-state index contributed by atoms with van der Waals surface area (Å²) >= 11 is 5.65. The molecule has 0 atom stereocenters. The van der Waals surface area contributed by atoms with Gasteiger partial charge in [-0.25, -0.2) is 13.1 Å². The first kappa shape index (κ1) is 11.9. The SMILES string of the molecule is NC(=O)CNS(=O)(=O)c1cnccc1Cl. The predicted molar refractivity (Wildman–Crippen MR) is 53.6 cm³/mol. The molecule has 0 saturated heterocycles. The lowest BCUT2D eigenvalue weighted by Gasteiger charge is -2.05. The predicted octanol–water partition coefficient (Wildman–Crippen LogP) is -0.501. The molecule has 6 nitrogen and oxygen atoms in total. The van der Waals surface area contributed by atoms with E-state index in [1.54, 1.807) is 0 Å². The minimum absolute atomic E-state index is 0.0296. The maximum Gasteiger partial charge on any atom is 0.244 e. The Morgan fingerprint density at radius 3 is 2.80 bits per heavy atom. The van der Waals surface area contributed by atoms with Crippen LogP contribution in [0.5, 0.6) is 0 Å². The first-order valence-electron chi connectivity index (χ1n) is 3.81. The van der Waals surface area contributed by atoms with E-state index >= 15 is 0 Å². The molecular weight excluding hydrogens is 242 g/mol. The van der Waals surface area contributed by atoms with E-state index in [1.165, 1.54) is 12.3 Å². The van der Waals surface area contributed by atoms with Crippen LogP contribution in [0.4, 0.5) is 0 Å². The summed E-state index contributed by atoms with van der Waals surface area (Å²) in [6.07, 6.45) is 2.45. The Bertz CT molecular complexity index is 474. The number of nitrogens with zero attached hydrogens (tertiary/aromatic N) is 1. The topological polar surface area (TPSA) is 102 Å². The van der Waals surface area contributed by atoms with Crippen LogP contribution in [-0.4, -0.2) is 25.9 Å². The number of primary amides is 1. The fourth-order valence-corrected chi connectivity index (χ4v) is 2.23. The molecule has 1 aromatic rings. The summed E-state index contributed by atoms with van der Waals surface area (Å²) in [5, 5.41) is 0.0296. The summed E-state index contributed by atoms with van der Waals surface area (Å²) in [6.45, 7) is -0.479. The number of hydrogen-bond acceptors (Lipinski definition) is 4. The first-order chi connectivity index (χ1) is 6.93. The number of nitrogens with two attached hydrogens (primary N) is 1. The molecule has 0 aliphatic heterocycles. The number of nitrogens with one attached hydrogen (secondary N) is 1. The minimum atomic E-state index is -3.83. The zero-order valence-corrected chi connectivity index (χ0v) is 9.05. The monoisotopic (exact) mass is 249 g/mol. The van der Waals surface area contributed by atoms with Crippen molar-refractivity contribution in [2.45, 2.75) is 4.90 Å². The standard InChI is InChI=1S/C7H8ClN3O3S/c8-5-1-2-10-3-6(5)15(13,14)11-4-7(9)12/h1-3,11H,4H2,(H2,9,12). The molecule has 0 aliphatic rings. The zero-order valence-electron chi connectivity index (χ0n) is 7.47. The number of aromatic nitrogens is 1. The zero-order chi connectivity index (χ0) is 11.5. The Morgan fingerprint density at radius 2 is 2.27 bits per heavy atom. The highest BCUT2D eigenvalue weighted by Gasteiger charge is 2.17. The van der Waals surface area contributed by atoms with Crippen molar-refractivity contribution in [3.8, 4) is 0 Å². The molecule has 3 N–H and O–H groups in total. The van der Waals surface area contributed by atoms with Gasteiger partial charge in [-0.1, -0.05) is 11.6 Å². The van der Waals surface area contributed by atoms with Gasteiger partial charge >= 0.3 is 0 Å². The van der Waals surface area contributed by atoms with Crippen molar-refractivity contribution in [3.63, 3.8) is 0 Å². The van der Waals surface area contributed by atoms with E-state index in [0.29, 0.717) is 0 Å². The molecule has 1 heterocycles. The van der Waals surface area contributed by atoms with E-state index in [2.05, 4.69) is 4.98 Å². The van der Waals surface area contributed by atoms with Gasteiger partial charge in [0.05, 0.1) is 11.6 Å². The van der Waals surface area contributed by atoms with E-state index in [1.807, 2.05) is 4.72 Å². The number of pyridine rings is 1. The fourth-order valence-electron chi connectivity index (χ4n) is 0.805. The summed E-state index contributed by atoms with van der Waals surface area (Å²) in [6, 6.07) is 1.33. The molecular formula is C7H8ClN3O3S. The van der Waals surface area contributed by atoms with Crippen molar-refractivity contribution in [1.82, 2.24) is 9.71 Å². The number of carbonyl (C=O) groups excluding carboxylic acids is 1. The fraction of sp³-hybridized carbons (Fsp3) is 0.143. The van der Waals surface area contributed by atoms with Crippen LogP contribution in [0.1, 0.15) is 0 Å². The van der Waals surface area contributed by atoms with Crippen LogP contribution in [0.25, 0.3) is 0 Å². The average molecular weight is 250 g/mol. The van der Waals surface area contributed by atoms with Gasteiger partial charge in [0.2, 0.25) is 15.9 Å². The van der Waals surface area contributed by atoms with Crippen molar-refractivity contribution in [1.29, 1.82) is 0 Å². The third-order valence-corrected chi connectivity index (χ3v) is 3.33. The van der Waals surface area contributed by atoms with Gasteiger partial charge in [0.15, 0.2) is 0 Å². The highest BCUT2D eigenvalue weighted by Crippen LogP contribution is 2.18. The summed E-state index contributed by atoms with van der Waals surface area (Å²) in [4.78, 5) is 13.8. The molecule has 0 bridgehead atoms. The van der Waals surface area contributed by atoms with Gasteiger partial charge in [0, 0.05) is 12.4 Å². The molecule has 1 rings (SSSR count). The lowest BCUT2D eigenvalue weighted by Crippen LogP contribution is -2.33. The molecule has 8 heteroatoms. The number of halogens is 1. The van der Waals surface area contributed by atoms with Gasteiger partial charge in [-0.15, -0.1) is 0 Å². The van der Waals surface area contributed by atoms with E-state index < -0.39 is 22.5 Å². The van der Waals surface area contributed by atoms with E-state index in [4.69, 9.17) is 17.3 Å². The Balaban J connectivity index is 2.97. The van der Waals surface area contributed by atoms with Crippen LogP contribution in [0, 0.1) is 0 Å². The quantitative estimate of drug-likeness (QED) is 0.751. The molecule has 1 amide bonds. The van der Waals surface area contributed by atoms with Crippen LogP contribution >= 0.6 is 11.6 Å².